The van der Waals surface area contributed by atoms with E-state index in [1.54, 1.807) is 36.1 Å². The normalized spacial score (nSPS) is 24.0. The number of benzene rings is 2. The SMILES string of the molecule is C[C@@]12Cc3c([nH]c4cc(F)c(Cl)cc34)[C@@H](c3cccc(O)c3)N1C(=O)N(CCN1CC=CCC1)C2=O. The molecule has 0 radical (unpaired) electrons. The third-order valence-corrected chi connectivity index (χ3v) is 7.96. The number of carbonyl (C=O) groups excluding carboxylic acids is 2. The van der Waals surface area contributed by atoms with Crippen LogP contribution in [0.1, 0.15) is 36.2 Å². The van der Waals surface area contributed by atoms with Gasteiger partial charge in [-0.1, -0.05) is 35.9 Å². The molecule has 3 aliphatic rings. The molecule has 0 unspecified atom stereocenters. The standard InChI is InChI=1S/C27H26ClFN4O3/c1-27-15-19-18-13-20(28)21(29)14-22(18)30-23(19)24(16-6-5-7-17(34)12-16)33(27)26(36)32(25(27)35)11-10-31-8-3-2-4-9-31/h2-3,5-7,12-14,24,30,34H,4,8-11,15H2,1H3/t24-,27+/m1/s1. The molecule has 0 saturated carbocycles. The van der Waals surface area contributed by atoms with Gasteiger partial charge in [-0.05, 0) is 48.7 Å². The number of nitrogens with zero attached hydrogens (tertiary/aromatic N) is 3. The Morgan fingerprint density at radius 3 is 2.78 bits per heavy atom. The van der Waals surface area contributed by atoms with Crippen molar-refractivity contribution in [3.8, 4) is 5.75 Å². The summed E-state index contributed by atoms with van der Waals surface area (Å²) in [4.78, 5) is 36.2. The predicted octanol–water partition coefficient (Wildman–Crippen LogP) is 4.60. The maximum Gasteiger partial charge on any atom is 0.328 e. The van der Waals surface area contributed by atoms with Gasteiger partial charge in [-0.2, -0.15) is 0 Å². The van der Waals surface area contributed by atoms with E-state index in [9.17, 15) is 19.1 Å². The van der Waals surface area contributed by atoms with Gasteiger partial charge in [0, 0.05) is 49.2 Å². The van der Waals surface area contributed by atoms with Crippen LogP contribution >= 0.6 is 11.6 Å². The first-order valence-electron chi connectivity index (χ1n) is 12.1. The molecule has 2 aromatic carbocycles. The van der Waals surface area contributed by atoms with Gasteiger partial charge in [-0.3, -0.25) is 19.5 Å². The number of phenols is 1. The monoisotopic (exact) mass is 508 g/mol. The third kappa shape index (κ3) is 3.43. The number of fused-ring (bicyclic) bond motifs is 4. The van der Waals surface area contributed by atoms with E-state index >= 15 is 0 Å². The van der Waals surface area contributed by atoms with Gasteiger partial charge in [-0.25, -0.2) is 9.18 Å². The smallest absolute Gasteiger partial charge is 0.328 e. The third-order valence-electron chi connectivity index (χ3n) is 7.68. The van der Waals surface area contributed by atoms with Crippen molar-refractivity contribution in [1.82, 2.24) is 19.7 Å². The van der Waals surface area contributed by atoms with E-state index in [-0.39, 0.29) is 29.1 Å². The average molecular weight is 509 g/mol. The van der Waals surface area contributed by atoms with Crippen molar-refractivity contribution in [3.63, 3.8) is 0 Å². The molecule has 7 nitrogen and oxygen atoms in total. The Labute approximate surface area is 212 Å². The summed E-state index contributed by atoms with van der Waals surface area (Å²) in [5.74, 6) is -0.743. The Morgan fingerprint density at radius 1 is 1.19 bits per heavy atom. The summed E-state index contributed by atoms with van der Waals surface area (Å²) in [6.07, 6.45) is 5.47. The van der Waals surface area contributed by atoms with E-state index in [0.29, 0.717) is 29.9 Å². The summed E-state index contributed by atoms with van der Waals surface area (Å²) in [6.45, 7) is 4.39. The largest absolute Gasteiger partial charge is 0.508 e. The van der Waals surface area contributed by atoms with E-state index in [2.05, 4.69) is 22.0 Å². The number of urea groups is 1. The van der Waals surface area contributed by atoms with E-state index in [0.717, 1.165) is 30.5 Å². The van der Waals surface area contributed by atoms with Crippen molar-refractivity contribution in [2.75, 3.05) is 26.2 Å². The maximum atomic E-state index is 14.3. The van der Waals surface area contributed by atoms with Gasteiger partial charge in [0.15, 0.2) is 0 Å². The number of aromatic amines is 1. The van der Waals surface area contributed by atoms with E-state index < -0.39 is 17.4 Å². The number of imide groups is 1. The Bertz CT molecular complexity index is 1440. The minimum atomic E-state index is -1.14. The van der Waals surface area contributed by atoms with Crippen LogP contribution in [-0.4, -0.2) is 68.4 Å². The molecule has 4 heterocycles. The molecule has 1 aromatic heterocycles. The van der Waals surface area contributed by atoms with Crippen molar-refractivity contribution < 1.29 is 19.1 Å². The number of rotatable bonds is 4. The van der Waals surface area contributed by atoms with Crippen molar-refractivity contribution in [3.05, 3.63) is 76.2 Å². The number of amides is 3. The van der Waals surface area contributed by atoms with Gasteiger partial charge in [0.2, 0.25) is 0 Å². The molecule has 186 valence electrons. The zero-order valence-electron chi connectivity index (χ0n) is 19.8. The highest BCUT2D eigenvalue weighted by molar-refractivity contribution is 6.31. The number of phenolic OH excluding ortho intramolecular Hbond substituents is 1. The molecule has 3 amide bonds. The summed E-state index contributed by atoms with van der Waals surface area (Å²) in [5.41, 5.74) is 1.58. The maximum absolute atomic E-state index is 14.3. The van der Waals surface area contributed by atoms with Crippen LogP contribution in [0.2, 0.25) is 5.02 Å². The van der Waals surface area contributed by atoms with Gasteiger partial charge in [0.1, 0.15) is 23.1 Å². The molecule has 3 aromatic rings. The molecular weight excluding hydrogens is 483 g/mol. The van der Waals surface area contributed by atoms with Crippen LogP contribution in [0.15, 0.2) is 48.6 Å². The molecule has 36 heavy (non-hydrogen) atoms. The average Bonchev–Trinajstić information content (AvgIpc) is 3.28. The van der Waals surface area contributed by atoms with Crippen LogP contribution in [0.5, 0.6) is 5.75 Å². The van der Waals surface area contributed by atoms with Crippen molar-refractivity contribution in [1.29, 1.82) is 0 Å². The van der Waals surface area contributed by atoms with E-state index in [1.807, 2.05) is 6.07 Å². The van der Waals surface area contributed by atoms with Crippen LogP contribution in [0.4, 0.5) is 9.18 Å². The second-order valence-corrected chi connectivity index (χ2v) is 10.4. The van der Waals surface area contributed by atoms with Crippen LogP contribution in [0.3, 0.4) is 0 Å². The molecule has 0 aliphatic carbocycles. The van der Waals surface area contributed by atoms with Gasteiger partial charge in [-0.15, -0.1) is 0 Å². The molecule has 9 heteroatoms. The number of aromatic hydroxyl groups is 1. The molecule has 0 bridgehead atoms. The fourth-order valence-corrected chi connectivity index (χ4v) is 6.05. The van der Waals surface area contributed by atoms with Crippen molar-refractivity contribution in [2.45, 2.75) is 31.3 Å². The first-order valence-corrected chi connectivity index (χ1v) is 12.5. The number of H-pyrrole nitrogens is 1. The highest BCUT2D eigenvalue weighted by Gasteiger charge is 2.60. The Hall–Kier alpha value is -3.36. The topological polar surface area (TPSA) is 79.9 Å². The second kappa shape index (κ2) is 8.35. The molecule has 1 saturated heterocycles. The Balaban J connectivity index is 1.46. The molecule has 0 spiro atoms. The summed E-state index contributed by atoms with van der Waals surface area (Å²) in [7, 11) is 0. The molecule has 2 N–H and O–H groups in total. The lowest BCUT2D eigenvalue weighted by molar-refractivity contribution is -0.133. The fraction of sp³-hybridized carbons (Fsp3) is 0.333. The fourth-order valence-electron chi connectivity index (χ4n) is 5.88. The number of carbonyl (C=O) groups is 2. The van der Waals surface area contributed by atoms with Crippen LogP contribution < -0.4 is 0 Å². The summed E-state index contributed by atoms with van der Waals surface area (Å²) < 4.78 is 14.3. The number of aromatic nitrogens is 1. The van der Waals surface area contributed by atoms with Gasteiger partial charge in [0.25, 0.3) is 5.91 Å². The number of halogens is 2. The Morgan fingerprint density at radius 2 is 2.03 bits per heavy atom. The summed E-state index contributed by atoms with van der Waals surface area (Å²) >= 11 is 6.13. The van der Waals surface area contributed by atoms with Gasteiger partial charge >= 0.3 is 6.03 Å². The number of nitrogens with one attached hydrogen (secondary N) is 1. The zero-order chi connectivity index (χ0) is 25.2. The minimum Gasteiger partial charge on any atom is -0.508 e. The van der Waals surface area contributed by atoms with Gasteiger partial charge < -0.3 is 10.1 Å². The second-order valence-electron chi connectivity index (χ2n) is 9.95. The Kier molecular flexibility index (Phi) is 5.35. The summed E-state index contributed by atoms with van der Waals surface area (Å²) in [6, 6.07) is 8.56. The van der Waals surface area contributed by atoms with Crippen LogP contribution in [0, 0.1) is 5.82 Å². The highest BCUT2D eigenvalue weighted by Crippen LogP contribution is 2.49. The number of hydrogen-bond acceptors (Lipinski definition) is 4. The molecule has 1 fully saturated rings. The minimum absolute atomic E-state index is 0.00294. The lowest BCUT2D eigenvalue weighted by Crippen LogP contribution is -2.53. The molecule has 6 rings (SSSR count). The molecule has 2 atom stereocenters. The molecule has 3 aliphatic heterocycles. The van der Waals surface area contributed by atoms with Crippen molar-refractivity contribution in [2.24, 2.45) is 0 Å². The predicted molar refractivity (Wildman–Crippen MR) is 134 cm³/mol. The quantitative estimate of drug-likeness (QED) is 0.399. The first kappa shape index (κ1) is 23.1. The lowest BCUT2D eigenvalue weighted by Gasteiger charge is -2.42. The summed E-state index contributed by atoms with van der Waals surface area (Å²) in [5, 5.41) is 11.0. The highest BCUT2D eigenvalue weighted by atomic mass is 35.5. The van der Waals surface area contributed by atoms with Crippen molar-refractivity contribution >= 4 is 34.4 Å². The van der Waals surface area contributed by atoms with E-state index in [1.165, 1.54) is 11.0 Å². The van der Waals surface area contributed by atoms with E-state index in [4.69, 9.17) is 11.6 Å². The zero-order valence-corrected chi connectivity index (χ0v) is 20.6. The van der Waals surface area contributed by atoms with Gasteiger partial charge in [0.05, 0.1) is 5.02 Å². The first-order chi connectivity index (χ1) is 17.3. The van der Waals surface area contributed by atoms with Crippen LogP contribution in [0.25, 0.3) is 10.9 Å². The number of hydrogen-bond donors (Lipinski definition) is 2. The molecular formula is C27H26ClFN4O3. The van der Waals surface area contributed by atoms with Crippen LogP contribution in [-0.2, 0) is 11.2 Å². The lowest BCUT2D eigenvalue weighted by atomic mass is 9.81.